The van der Waals surface area contributed by atoms with E-state index in [4.69, 9.17) is 14.2 Å². The van der Waals surface area contributed by atoms with Crippen LogP contribution in [0.4, 0.5) is 16.2 Å². The van der Waals surface area contributed by atoms with Crippen LogP contribution in [0.1, 0.15) is 11.1 Å². The molecule has 1 aliphatic rings. The van der Waals surface area contributed by atoms with Crippen LogP contribution in [0.25, 0.3) is 6.08 Å². The molecule has 0 bridgehead atoms. The van der Waals surface area contributed by atoms with Crippen LogP contribution in [0, 0.1) is 10.1 Å². The van der Waals surface area contributed by atoms with Crippen LogP contribution in [0.3, 0.4) is 0 Å². The van der Waals surface area contributed by atoms with E-state index in [1.807, 2.05) is 0 Å². The van der Waals surface area contributed by atoms with Crippen molar-refractivity contribution in [1.82, 2.24) is 4.90 Å². The van der Waals surface area contributed by atoms with Gasteiger partial charge in [-0.2, -0.15) is 0 Å². The van der Waals surface area contributed by atoms with Crippen LogP contribution in [0.15, 0.2) is 71.6 Å². The number of hydrogen-bond donors (Lipinski definition) is 1. The summed E-state index contributed by atoms with van der Waals surface area (Å²) in [6.45, 7) is -0.289. The number of ether oxygens (including phenoxy) is 3. The summed E-state index contributed by atoms with van der Waals surface area (Å²) in [5.41, 5.74) is 1.60. The highest BCUT2D eigenvalue weighted by atomic mass is 32.2. The van der Waals surface area contributed by atoms with Gasteiger partial charge in [-0.1, -0.05) is 30.3 Å². The zero-order chi connectivity index (χ0) is 27.9. The van der Waals surface area contributed by atoms with E-state index in [0.29, 0.717) is 34.1 Å². The van der Waals surface area contributed by atoms with Gasteiger partial charge >= 0.3 is 0 Å². The Bertz CT molecular complexity index is 1460. The van der Waals surface area contributed by atoms with Crippen molar-refractivity contribution in [3.63, 3.8) is 0 Å². The zero-order valence-electron chi connectivity index (χ0n) is 20.9. The summed E-state index contributed by atoms with van der Waals surface area (Å²) >= 11 is 0.795. The van der Waals surface area contributed by atoms with Gasteiger partial charge in [0.2, 0.25) is 0 Å². The molecule has 1 saturated heterocycles. The fraction of sp³-hybridized carbons (Fsp3) is 0.148. The van der Waals surface area contributed by atoms with Crippen molar-refractivity contribution in [1.29, 1.82) is 0 Å². The third-order valence-electron chi connectivity index (χ3n) is 5.59. The quantitative estimate of drug-likeness (QED) is 0.213. The summed E-state index contributed by atoms with van der Waals surface area (Å²) in [4.78, 5) is 49.4. The molecular formula is C27H23N3O8S. The van der Waals surface area contributed by atoms with Crippen LogP contribution in [-0.4, -0.2) is 47.7 Å². The van der Waals surface area contributed by atoms with Crippen molar-refractivity contribution < 1.29 is 33.5 Å². The summed E-state index contributed by atoms with van der Waals surface area (Å²) < 4.78 is 16.2. The molecule has 3 amide bonds. The number of nitro groups is 1. The van der Waals surface area contributed by atoms with E-state index in [1.165, 1.54) is 38.5 Å². The standard InChI is InChI=1S/C27H23N3O8S/c1-36-21-6-4-3-5-20(21)28-25(31)16-38-22-12-9-18(13-23(22)37-2)14-24-26(32)29(27(33)39-24)15-17-7-10-19(11-8-17)30(34)35/h3-14H,15-16H2,1-2H3,(H,28,31)/b24-14-. The van der Waals surface area contributed by atoms with Gasteiger partial charge in [0, 0.05) is 12.1 Å². The first-order chi connectivity index (χ1) is 18.8. The number of carbonyl (C=O) groups excluding carboxylic acids is 3. The lowest BCUT2D eigenvalue weighted by Crippen LogP contribution is -2.27. The molecule has 200 valence electrons. The molecule has 0 radical (unpaired) electrons. The molecule has 0 aliphatic carbocycles. The second-order valence-corrected chi connectivity index (χ2v) is 9.13. The smallest absolute Gasteiger partial charge is 0.293 e. The topological polar surface area (TPSA) is 137 Å². The van der Waals surface area contributed by atoms with Gasteiger partial charge in [0.1, 0.15) is 5.75 Å². The number of rotatable bonds is 10. The SMILES string of the molecule is COc1ccccc1NC(=O)COc1ccc(/C=C2\SC(=O)N(Cc3ccc([N+](=O)[O-])cc3)C2=O)cc1OC. The second kappa shape index (κ2) is 12.1. The number of hydrogen-bond acceptors (Lipinski definition) is 9. The fourth-order valence-electron chi connectivity index (χ4n) is 3.66. The van der Waals surface area contributed by atoms with Gasteiger partial charge in [-0.15, -0.1) is 0 Å². The Morgan fingerprint density at radius 1 is 1.00 bits per heavy atom. The van der Waals surface area contributed by atoms with E-state index >= 15 is 0 Å². The molecule has 0 saturated carbocycles. The molecule has 12 heteroatoms. The number of anilines is 1. The molecule has 1 heterocycles. The number of amides is 3. The Morgan fingerprint density at radius 2 is 1.72 bits per heavy atom. The number of para-hydroxylation sites is 2. The maximum absolute atomic E-state index is 12.9. The van der Waals surface area contributed by atoms with Crippen molar-refractivity contribution >= 4 is 46.3 Å². The Kier molecular flexibility index (Phi) is 8.46. The summed E-state index contributed by atoms with van der Waals surface area (Å²) in [6, 6.07) is 17.5. The Balaban J connectivity index is 1.41. The number of nitro benzene ring substituents is 1. The number of imide groups is 1. The molecule has 39 heavy (non-hydrogen) atoms. The van der Waals surface area contributed by atoms with E-state index < -0.39 is 22.0 Å². The predicted molar refractivity (Wildman–Crippen MR) is 145 cm³/mol. The average molecular weight is 550 g/mol. The maximum atomic E-state index is 12.9. The molecule has 1 fully saturated rings. The lowest BCUT2D eigenvalue weighted by atomic mass is 10.1. The van der Waals surface area contributed by atoms with Crippen molar-refractivity contribution in [3.8, 4) is 17.2 Å². The molecule has 0 atom stereocenters. The largest absolute Gasteiger partial charge is 0.495 e. The molecule has 3 aromatic carbocycles. The van der Waals surface area contributed by atoms with E-state index in [9.17, 15) is 24.5 Å². The number of thioether (sulfide) groups is 1. The van der Waals surface area contributed by atoms with Gasteiger partial charge in [-0.3, -0.25) is 29.4 Å². The van der Waals surface area contributed by atoms with E-state index in [1.54, 1.807) is 48.5 Å². The molecule has 0 aromatic heterocycles. The third kappa shape index (κ3) is 6.54. The molecule has 3 aromatic rings. The number of non-ortho nitro benzene ring substituents is 1. The second-order valence-electron chi connectivity index (χ2n) is 8.14. The van der Waals surface area contributed by atoms with Crippen molar-refractivity contribution in [2.45, 2.75) is 6.54 Å². The molecule has 0 spiro atoms. The number of carbonyl (C=O) groups is 3. The van der Waals surface area contributed by atoms with Crippen LogP contribution < -0.4 is 19.5 Å². The Morgan fingerprint density at radius 3 is 2.41 bits per heavy atom. The third-order valence-corrected chi connectivity index (χ3v) is 6.49. The molecule has 11 nitrogen and oxygen atoms in total. The number of nitrogens with one attached hydrogen (secondary N) is 1. The predicted octanol–water partition coefficient (Wildman–Crippen LogP) is 4.87. The lowest BCUT2D eigenvalue weighted by molar-refractivity contribution is -0.384. The van der Waals surface area contributed by atoms with Gasteiger partial charge in [-0.05, 0) is 53.2 Å². The van der Waals surface area contributed by atoms with Crippen LogP contribution in [0.2, 0.25) is 0 Å². The normalized spacial score (nSPS) is 13.9. The molecule has 1 aliphatic heterocycles. The van der Waals surface area contributed by atoms with Crippen LogP contribution in [0.5, 0.6) is 17.2 Å². The molecule has 0 unspecified atom stereocenters. The lowest BCUT2D eigenvalue weighted by Gasteiger charge is -2.13. The highest BCUT2D eigenvalue weighted by molar-refractivity contribution is 8.18. The molecule has 1 N–H and O–H groups in total. The fourth-order valence-corrected chi connectivity index (χ4v) is 4.50. The van der Waals surface area contributed by atoms with Gasteiger partial charge in [0.05, 0.1) is 36.3 Å². The van der Waals surface area contributed by atoms with Crippen molar-refractivity contribution in [2.75, 3.05) is 26.1 Å². The summed E-state index contributed by atoms with van der Waals surface area (Å²) in [5.74, 6) is 0.294. The van der Waals surface area contributed by atoms with E-state index in [0.717, 1.165) is 16.7 Å². The van der Waals surface area contributed by atoms with Crippen molar-refractivity contribution in [2.24, 2.45) is 0 Å². The number of nitrogens with zero attached hydrogens (tertiary/aromatic N) is 2. The minimum atomic E-state index is -0.520. The minimum absolute atomic E-state index is 0.00692. The first-order valence-corrected chi connectivity index (χ1v) is 12.3. The maximum Gasteiger partial charge on any atom is 0.293 e. The number of methoxy groups -OCH3 is 2. The summed E-state index contributed by atoms with van der Waals surface area (Å²) in [6.07, 6.45) is 1.56. The van der Waals surface area contributed by atoms with Gasteiger partial charge in [0.25, 0.3) is 22.7 Å². The summed E-state index contributed by atoms with van der Waals surface area (Å²) in [5, 5.41) is 13.1. The van der Waals surface area contributed by atoms with Crippen LogP contribution in [-0.2, 0) is 16.1 Å². The molecule has 4 rings (SSSR count). The van der Waals surface area contributed by atoms with E-state index in [-0.39, 0.29) is 23.7 Å². The van der Waals surface area contributed by atoms with Gasteiger partial charge < -0.3 is 19.5 Å². The zero-order valence-corrected chi connectivity index (χ0v) is 21.7. The van der Waals surface area contributed by atoms with Gasteiger partial charge in [-0.25, -0.2) is 0 Å². The average Bonchev–Trinajstić information content (AvgIpc) is 3.20. The minimum Gasteiger partial charge on any atom is -0.495 e. The Labute approximate surface area is 227 Å². The van der Waals surface area contributed by atoms with Gasteiger partial charge in [0.15, 0.2) is 18.1 Å². The van der Waals surface area contributed by atoms with Crippen molar-refractivity contribution in [3.05, 3.63) is 92.9 Å². The number of benzene rings is 3. The molecular weight excluding hydrogens is 526 g/mol. The first kappa shape index (κ1) is 27.2. The monoisotopic (exact) mass is 549 g/mol. The van der Waals surface area contributed by atoms with E-state index in [2.05, 4.69) is 5.32 Å². The first-order valence-electron chi connectivity index (χ1n) is 11.5. The highest BCUT2D eigenvalue weighted by Crippen LogP contribution is 2.35. The highest BCUT2D eigenvalue weighted by Gasteiger charge is 2.35. The Hall–Kier alpha value is -4.84. The summed E-state index contributed by atoms with van der Waals surface area (Å²) in [7, 11) is 2.95. The van der Waals surface area contributed by atoms with Crippen LogP contribution >= 0.6 is 11.8 Å².